The van der Waals surface area contributed by atoms with Crippen molar-refractivity contribution in [3.05, 3.63) is 29.3 Å². The molecular weight excluding hydrogens is 234 g/mol. The summed E-state index contributed by atoms with van der Waals surface area (Å²) in [7, 11) is 0. The summed E-state index contributed by atoms with van der Waals surface area (Å²) in [6, 6.07) is 6.07. The lowest BCUT2D eigenvalue weighted by Crippen LogP contribution is -2.12. The topological polar surface area (TPSA) is 64.9 Å². The summed E-state index contributed by atoms with van der Waals surface area (Å²) in [5.74, 6) is 1.12. The van der Waals surface area contributed by atoms with Gasteiger partial charge in [-0.05, 0) is 37.3 Å². The van der Waals surface area contributed by atoms with E-state index in [9.17, 15) is 0 Å². The van der Waals surface area contributed by atoms with Gasteiger partial charge in [0.15, 0.2) is 0 Å². The monoisotopic (exact) mass is 255 g/mol. The lowest BCUT2D eigenvalue weighted by molar-refractivity contribution is 0.445. The van der Waals surface area contributed by atoms with Gasteiger partial charge in [-0.25, -0.2) is 4.98 Å². The van der Waals surface area contributed by atoms with E-state index in [4.69, 9.17) is 11.5 Å². The molecule has 100 valence electrons. The second-order valence-electron chi connectivity index (χ2n) is 5.63. The average Bonchev–Trinajstić information content (AvgIpc) is 2.39. The maximum Gasteiger partial charge on any atom is 0.129 e. The van der Waals surface area contributed by atoms with Crippen molar-refractivity contribution in [2.45, 2.75) is 44.9 Å². The van der Waals surface area contributed by atoms with Crippen molar-refractivity contribution in [3.63, 3.8) is 0 Å². The van der Waals surface area contributed by atoms with E-state index in [1.54, 1.807) is 0 Å². The van der Waals surface area contributed by atoms with Gasteiger partial charge in [0.1, 0.15) is 5.82 Å². The number of aryl methyl sites for hydroxylation is 1. The number of hydrogen-bond donors (Lipinski definition) is 2. The fourth-order valence-electron chi connectivity index (χ4n) is 3.38. The van der Waals surface area contributed by atoms with Gasteiger partial charge in [0.2, 0.25) is 0 Å². The van der Waals surface area contributed by atoms with E-state index in [0.29, 0.717) is 11.7 Å². The van der Waals surface area contributed by atoms with Gasteiger partial charge >= 0.3 is 0 Å². The van der Waals surface area contributed by atoms with E-state index in [2.05, 4.69) is 18.0 Å². The van der Waals surface area contributed by atoms with Crippen molar-refractivity contribution >= 4 is 22.4 Å². The zero-order valence-electron chi connectivity index (χ0n) is 11.4. The Morgan fingerprint density at radius 2 is 1.84 bits per heavy atom. The van der Waals surface area contributed by atoms with Gasteiger partial charge in [-0.2, -0.15) is 0 Å². The van der Waals surface area contributed by atoms with Gasteiger partial charge in [0.05, 0.1) is 5.52 Å². The highest BCUT2D eigenvalue weighted by molar-refractivity contribution is 5.96. The molecule has 4 N–H and O–H groups in total. The highest BCUT2D eigenvalue weighted by atomic mass is 14.9. The Balaban J connectivity index is 2.21. The van der Waals surface area contributed by atoms with Crippen molar-refractivity contribution in [1.29, 1.82) is 0 Å². The molecule has 0 amide bonds. The molecule has 1 saturated carbocycles. The second kappa shape index (κ2) is 4.72. The highest BCUT2D eigenvalue weighted by Gasteiger charge is 2.22. The number of anilines is 2. The normalized spacial score (nSPS) is 16.9. The van der Waals surface area contributed by atoms with Crippen LogP contribution in [0.4, 0.5) is 11.5 Å². The van der Waals surface area contributed by atoms with Gasteiger partial charge in [0.25, 0.3) is 0 Å². The maximum absolute atomic E-state index is 6.43. The SMILES string of the molecule is Cc1cccc2nc(N)c(C3CCCCC3)c(N)c12. The largest absolute Gasteiger partial charge is 0.398 e. The summed E-state index contributed by atoms with van der Waals surface area (Å²) in [5, 5.41) is 1.08. The predicted molar refractivity (Wildman–Crippen MR) is 81.1 cm³/mol. The molecule has 0 radical (unpaired) electrons. The first-order valence-corrected chi connectivity index (χ1v) is 7.12. The molecule has 1 aliphatic rings. The van der Waals surface area contributed by atoms with Crippen LogP contribution in [0.2, 0.25) is 0 Å². The molecule has 2 aromatic rings. The summed E-state index contributed by atoms with van der Waals surface area (Å²) < 4.78 is 0. The molecule has 0 aliphatic heterocycles. The molecule has 0 bridgehead atoms. The Morgan fingerprint density at radius 1 is 1.11 bits per heavy atom. The molecule has 0 saturated heterocycles. The summed E-state index contributed by atoms with van der Waals surface area (Å²) in [5.41, 5.74) is 16.7. The molecule has 1 aromatic heterocycles. The lowest BCUT2D eigenvalue weighted by atomic mass is 9.82. The van der Waals surface area contributed by atoms with Crippen LogP contribution in [0.15, 0.2) is 18.2 Å². The van der Waals surface area contributed by atoms with E-state index in [0.717, 1.165) is 22.2 Å². The molecule has 1 aliphatic carbocycles. The van der Waals surface area contributed by atoms with Crippen molar-refractivity contribution < 1.29 is 0 Å². The fourth-order valence-corrected chi connectivity index (χ4v) is 3.38. The molecule has 1 heterocycles. The van der Waals surface area contributed by atoms with Gasteiger partial charge in [0, 0.05) is 16.6 Å². The Kier molecular flexibility index (Phi) is 3.05. The number of aromatic nitrogens is 1. The number of nitrogens with zero attached hydrogens (tertiary/aromatic N) is 1. The van der Waals surface area contributed by atoms with Crippen LogP contribution >= 0.6 is 0 Å². The van der Waals surface area contributed by atoms with Crippen molar-refractivity contribution in [1.82, 2.24) is 4.98 Å². The number of rotatable bonds is 1. The Labute approximate surface area is 114 Å². The summed E-state index contributed by atoms with van der Waals surface area (Å²) in [4.78, 5) is 4.57. The first-order chi connectivity index (χ1) is 9.18. The average molecular weight is 255 g/mol. The lowest BCUT2D eigenvalue weighted by Gasteiger charge is -2.25. The highest BCUT2D eigenvalue weighted by Crippen LogP contribution is 2.41. The number of fused-ring (bicyclic) bond motifs is 1. The van der Waals surface area contributed by atoms with Gasteiger partial charge in [-0.1, -0.05) is 31.4 Å². The molecule has 0 unspecified atom stereocenters. The summed E-state index contributed by atoms with van der Waals surface area (Å²) in [6.07, 6.45) is 6.25. The first-order valence-electron chi connectivity index (χ1n) is 7.12. The Morgan fingerprint density at radius 3 is 2.58 bits per heavy atom. The van der Waals surface area contributed by atoms with Crippen molar-refractivity contribution in [2.24, 2.45) is 0 Å². The molecule has 3 nitrogen and oxygen atoms in total. The van der Waals surface area contributed by atoms with Gasteiger partial charge in [-0.3, -0.25) is 0 Å². The van der Waals surface area contributed by atoms with E-state index in [1.807, 2.05) is 12.1 Å². The molecule has 1 aromatic carbocycles. The molecular formula is C16H21N3. The number of nitrogens with two attached hydrogens (primary N) is 2. The third-order valence-corrected chi connectivity index (χ3v) is 4.34. The smallest absolute Gasteiger partial charge is 0.129 e. The van der Waals surface area contributed by atoms with Crippen LogP contribution in [0.1, 0.15) is 49.1 Å². The third kappa shape index (κ3) is 2.03. The molecule has 0 spiro atoms. The van der Waals surface area contributed by atoms with Crippen molar-refractivity contribution in [3.8, 4) is 0 Å². The molecule has 3 heteroatoms. The molecule has 0 atom stereocenters. The van der Waals surface area contributed by atoms with Crippen LogP contribution in [0.25, 0.3) is 10.9 Å². The Bertz CT molecular complexity index is 613. The van der Waals surface area contributed by atoms with Crippen LogP contribution in [0, 0.1) is 6.92 Å². The van der Waals surface area contributed by atoms with E-state index < -0.39 is 0 Å². The standard InChI is InChI=1S/C16H21N3/c1-10-6-5-9-12-13(10)15(17)14(16(18)19-12)11-7-3-2-4-8-11/h5-6,9,11H,2-4,7-8H2,1H3,(H4,17,18,19). The molecule has 3 rings (SSSR count). The number of hydrogen-bond acceptors (Lipinski definition) is 3. The summed E-state index contributed by atoms with van der Waals surface area (Å²) in [6.45, 7) is 2.08. The van der Waals surface area contributed by atoms with Crippen LogP contribution in [0.5, 0.6) is 0 Å². The zero-order valence-corrected chi connectivity index (χ0v) is 11.4. The Hall–Kier alpha value is -1.77. The zero-order chi connectivity index (χ0) is 13.4. The minimum atomic E-state index is 0.491. The molecule has 19 heavy (non-hydrogen) atoms. The minimum absolute atomic E-state index is 0.491. The van der Waals surface area contributed by atoms with Gasteiger partial charge < -0.3 is 11.5 Å². The first kappa shape index (κ1) is 12.3. The van der Waals surface area contributed by atoms with Gasteiger partial charge in [-0.15, -0.1) is 0 Å². The van der Waals surface area contributed by atoms with E-state index >= 15 is 0 Å². The fraction of sp³-hybridized carbons (Fsp3) is 0.438. The third-order valence-electron chi connectivity index (χ3n) is 4.34. The number of nitrogen functional groups attached to an aromatic ring is 2. The van der Waals surface area contributed by atoms with Crippen LogP contribution in [-0.4, -0.2) is 4.98 Å². The minimum Gasteiger partial charge on any atom is -0.398 e. The van der Waals surface area contributed by atoms with E-state index in [-0.39, 0.29) is 0 Å². The second-order valence-corrected chi connectivity index (χ2v) is 5.63. The van der Waals surface area contributed by atoms with E-state index in [1.165, 1.54) is 37.7 Å². The number of pyridine rings is 1. The number of benzene rings is 1. The quantitative estimate of drug-likeness (QED) is 0.815. The van der Waals surface area contributed by atoms with Crippen molar-refractivity contribution in [2.75, 3.05) is 11.5 Å². The summed E-state index contributed by atoms with van der Waals surface area (Å²) >= 11 is 0. The van der Waals surface area contributed by atoms with Crippen LogP contribution in [0.3, 0.4) is 0 Å². The molecule has 1 fully saturated rings. The maximum atomic E-state index is 6.43. The predicted octanol–water partition coefficient (Wildman–Crippen LogP) is 3.76. The van der Waals surface area contributed by atoms with Crippen LogP contribution < -0.4 is 11.5 Å². The van der Waals surface area contributed by atoms with Crippen LogP contribution in [-0.2, 0) is 0 Å².